The molecule has 0 aliphatic rings. The number of pyridine rings is 1. The number of aryl methyl sites for hydroxylation is 2. The summed E-state index contributed by atoms with van der Waals surface area (Å²) in [5.41, 5.74) is 9.86. The van der Waals surface area contributed by atoms with Crippen LogP contribution in [0, 0.1) is 13.8 Å². The van der Waals surface area contributed by atoms with Gasteiger partial charge in [0.1, 0.15) is 0 Å². The van der Waals surface area contributed by atoms with Crippen LogP contribution in [0.15, 0.2) is 54.9 Å². The lowest BCUT2D eigenvalue weighted by Crippen LogP contribution is -2.28. The number of anilines is 1. The molecule has 0 aliphatic carbocycles. The molecule has 1 amide bonds. The van der Waals surface area contributed by atoms with Gasteiger partial charge in [-0.3, -0.25) is 9.78 Å². The Morgan fingerprint density at radius 3 is 2.75 bits per heavy atom. The Labute approximate surface area is 141 Å². The van der Waals surface area contributed by atoms with E-state index < -0.39 is 0 Å². The van der Waals surface area contributed by atoms with Crippen LogP contribution >= 0.6 is 0 Å². The van der Waals surface area contributed by atoms with E-state index in [-0.39, 0.29) is 18.4 Å². The highest BCUT2D eigenvalue weighted by atomic mass is 16.1. The average Bonchev–Trinajstić information content (AvgIpc) is 2.58. The second-order valence-electron chi connectivity index (χ2n) is 6.08. The fourth-order valence-electron chi connectivity index (χ4n) is 2.90. The van der Waals surface area contributed by atoms with Gasteiger partial charge in [0.15, 0.2) is 0 Å². The van der Waals surface area contributed by atoms with Crippen LogP contribution in [0.3, 0.4) is 0 Å². The van der Waals surface area contributed by atoms with Gasteiger partial charge in [-0.1, -0.05) is 29.8 Å². The normalized spacial score (nSPS) is 12.1. The molecule has 0 fully saturated rings. The largest absolute Gasteiger partial charge is 0.329 e. The number of nitrogens with two attached hydrogens (primary N) is 1. The molecule has 0 saturated carbocycles. The monoisotopic (exact) mass is 319 g/mol. The fourth-order valence-corrected chi connectivity index (χ4v) is 2.90. The number of carbonyl (C=O) groups is 1. The highest BCUT2D eigenvalue weighted by molar-refractivity contribution is 5.98. The highest BCUT2D eigenvalue weighted by Crippen LogP contribution is 2.24. The molecule has 2 aromatic carbocycles. The Morgan fingerprint density at radius 1 is 1.12 bits per heavy atom. The highest BCUT2D eigenvalue weighted by Gasteiger charge is 2.21. The van der Waals surface area contributed by atoms with Gasteiger partial charge in [-0.15, -0.1) is 0 Å². The van der Waals surface area contributed by atoms with Crippen LogP contribution in [-0.4, -0.2) is 17.4 Å². The van der Waals surface area contributed by atoms with Crippen molar-refractivity contribution in [1.29, 1.82) is 0 Å². The van der Waals surface area contributed by atoms with E-state index >= 15 is 0 Å². The number of hydrogen-bond donors (Lipinski definition) is 2. The van der Waals surface area contributed by atoms with Crippen LogP contribution in [0.25, 0.3) is 10.8 Å². The summed E-state index contributed by atoms with van der Waals surface area (Å²) in [6.07, 6.45) is 3.55. The molecular formula is C20H21N3O. The zero-order valence-electron chi connectivity index (χ0n) is 13.9. The molecule has 1 unspecified atom stereocenters. The molecule has 0 aliphatic heterocycles. The van der Waals surface area contributed by atoms with Crippen molar-refractivity contribution >= 4 is 22.4 Å². The minimum atomic E-state index is -0.363. The van der Waals surface area contributed by atoms with Crippen LogP contribution in [-0.2, 0) is 4.79 Å². The number of rotatable bonds is 4. The zero-order valence-corrected chi connectivity index (χ0v) is 13.9. The van der Waals surface area contributed by atoms with Gasteiger partial charge >= 0.3 is 0 Å². The maximum Gasteiger partial charge on any atom is 0.233 e. The number of amides is 1. The van der Waals surface area contributed by atoms with E-state index in [2.05, 4.69) is 10.3 Å². The predicted molar refractivity (Wildman–Crippen MR) is 98.1 cm³/mol. The summed E-state index contributed by atoms with van der Waals surface area (Å²) in [7, 11) is 0. The fraction of sp³-hybridized carbons (Fsp3) is 0.200. The Hall–Kier alpha value is -2.72. The van der Waals surface area contributed by atoms with Gasteiger partial charge in [0, 0.05) is 30.0 Å². The number of fused-ring (bicyclic) bond motifs is 1. The first kappa shape index (κ1) is 16.1. The molecule has 0 radical (unpaired) electrons. The minimum absolute atomic E-state index is 0.0837. The molecule has 0 bridgehead atoms. The summed E-state index contributed by atoms with van der Waals surface area (Å²) in [6, 6.07) is 13.8. The number of nitrogens with zero attached hydrogens (tertiary/aromatic N) is 1. The van der Waals surface area contributed by atoms with Crippen molar-refractivity contribution < 1.29 is 4.79 Å². The summed E-state index contributed by atoms with van der Waals surface area (Å²) in [5.74, 6) is -0.447. The van der Waals surface area contributed by atoms with Crippen molar-refractivity contribution in [3.63, 3.8) is 0 Å². The third-order valence-electron chi connectivity index (χ3n) is 4.27. The molecule has 3 aromatic rings. The lowest BCUT2D eigenvalue weighted by atomic mass is 9.92. The lowest BCUT2D eigenvalue weighted by Gasteiger charge is -2.18. The number of hydrogen-bond acceptors (Lipinski definition) is 3. The first-order valence-electron chi connectivity index (χ1n) is 8.00. The number of carbonyl (C=O) groups excluding carboxylic acids is 1. The standard InChI is InChI=1S/C20H21N3O/c1-13-3-4-14(2)18(9-13)19(11-21)20(24)23-17-6-5-16-12-22-8-7-15(16)10-17/h3-10,12,19H,11,21H2,1-2H3,(H,23,24). The van der Waals surface area contributed by atoms with Crippen LogP contribution < -0.4 is 11.1 Å². The summed E-state index contributed by atoms with van der Waals surface area (Å²) >= 11 is 0. The van der Waals surface area contributed by atoms with Gasteiger partial charge in [0.2, 0.25) is 5.91 Å². The molecule has 0 spiro atoms. The van der Waals surface area contributed by atoms with Crippen molar-refractivity contribution in [2.45, 2.75) is 19.8 Å². The van der Waals surface area contributed by atoms with Crippen LogP contribution in [0.5, 0.6) is 0 Å². The van der Waals surface area contributed by atoms with Gasteiger partial charge in [-0.25, -0.2) is 0 Å². The van der Waals surface area contributed by atoms with Crippen LogP contribution in [0.4, 0.5) is 5.69 Å². The quantitative estimate of drug-likeness (QED) is 0.773. The summed E-state index contributed by atoms with van der Waals surface area (Å²) in [4.78, 5) is 16.8. The molecule has 1 atom stereocenters. The van der Waals surface area contributed by atoms with Crippen molar-refractivity contribution in [3.05, 3.63) is 71.5 Å². The molecule has 3 N–H and O–H groups in total. The first-order chi connectivity index (χ1) is 11.6. The molecule has 0 saturated heterocycles. The molecule has 1 heterocycles. The second-order valence-corrected chi connectivity index (χ2v) is 6.08. The first-order valence-corrected chi connectivity index (χ1v) is 8.00. The van der Waals surface area contributed by atoms with E-state index in [0.29, 0.717) is 0 Å². The van der Waals surface area contributed by atoms with E-state index in [9.17, 15) is 4.79 Å². The molecule has 4 heteroatoms. The number of aromatic nitrogens is 1. The van der Waals surface area contributed by atoms with Crippen LogP contribution in [0.2, 0.25) is 0 Å². The van der Waals surface area contributed by atoms with Gasteiger partial charge in [-0.05, 0) is 48.6 Å². The minimum Gasteiger partial charge on any atom is -0.329 e. The average molecular weight is 319 g/mol. The summed E-state index contributed by atoms with van der Waals surface area (Å²) in [6.45, 7) is 4.30. The Balaban J connectivity index is 1.87. The molecule has 24 heavy (non-hydrogen) atoms. The van der Waals surface area contributed by atoms with Gasteiger partial charge < -0.3 is 11.1 Å². The number of nitrogens with one attached hydrogen (secondary N) is 1. The molecular weight excluding hydrogens is 298 g/mol. The molecule has 3 rings (SSSR count). The molecule has 1 aromatic heterocycles. The van der Waals surface area contributed by atoms with Crippen molar-refractivity contribution in [3.8, 4) is 0 Å². The third kappa shape index (κ3) is 3.29. The Bertz CT molecular complexity index is 889. The second kappa shape index (κ2) is 6.81. The topological polar surface area (TPSA) is 68.0 Å². The Kier molecular flexibility index (Phi) is 4.58. The van der Waals surface area contributed by atoms with Crippen molar-refractivity contribution in [2.75, 3.05) is 11.9 Å². The Morgan fingerprint density at radius 2 is 1.96 bits per heavy atom. The molecule has 122 valence electrons. The maximum atomic E-state index is 12.7. The van der Waals surface area contributed by atoms with E-state index in [1.165, 1.54) is 0 Å². The van der Waals surface area contributed by atoms with Gasteiger partial charge in [0.05, 0.1) is 5.92 Å². The van der Waals surface area contributed by atoms with Crippen molar-refractivity contribution in [2.24, 2.45) is 5.73 Å². The smallest absolute Gasteiger partial charge is 0.233 e. The van der Waals surface area contributed by atoms with Crippen molar-refractivity contribution in [1.82, 2.24) is 4.98 Å². The summed E-state index contributed by atoms with van der Waals surface area (Å²) < 4.78 is 0. The van der Waals surface area contributed by atoms with E-state index in [4.69, 9.17) is 5.73 Å². The summed E-state index contributed by atoms with van der Waals surface area (Å²) in [5, 5.41) is 5.07. The maximum absolute atomic E-state index is 12.7. The van der Waals surface area contributed by atoms with Crippen LogP contribution in [0.1, 0.15) is 22.6 Å². The lowest BCUT2D eigenvalue weighted by molar-refractivity contribution is -0.117. The SMILES string of the molecule is Cc1ccc(C)c(C(CN)C(=O)Nc2ccc3cnccc3c2)c1. The molecule has 4 nitrogen and oxygen atoms in total. The van der Waals surface area contributed by atoms with E-state index in [1.54, 1.807) is 12.4 Å². The van der Waals surface area contributed by atoms with Gasteiger partial charge in [-0.2, -0.15) is 0 Å². The predicted octanol–water partition coefficient (Wildman–Crippen LogP) is 3.53. The zero-order chi connectivity index (χ0) is 17.1. The van der Waals surface area contributed by atoms with E-state index in [1.807, 2.05) is 56.3 Å². The van der Waals surface area contributed by atoms with E-state index in [0.717, 1.165) is 33.2 Å². The number of benzene rings is 2. The third-order valence-corrected chi connectivity index (χ3v) is 4.27. The van der Waals surface area contributed by atoms with Gasteiger partial charge in [0.25, 0.3) is 0 Å².